The molecule has 0 radical (unpaired) electrons. The van der Waals surface area contributed by atoms with Crippen LogP contribution in [-0.4, -0.2) is 44.7 Å². The van der Waals surface area contributed by atoms with Crippen LogP contribution in [0.25, 0.3) is 22.8 Å². The molecule has 1 N–H and O–H groups in total. The first-order valence-corrected chi connectivity index (χ1v) is 10.7. The normalized spacial score (nSPS) is 21.9. The molecule has 1 saturated carbocycles. The van der Waals surface area contributed by atoms with Crippen molar-refractivity contribution in [3.8, 4) is 22.8 Å². The fourth-order valence-corrected chi connectivity index (χ4v) is 5.25. The molecule has 0 unspecified atom stereocenters. The van der Waals surface area contributed by atoms with E-state index < -0.39 is 9.84 Å². The van der Waals surface area contributed by atoms with E-state index in [1.807, 2.05) is 28.9 Å². The van der Waals surface area contributed by atoms with E-state index in [0.29, 0.717) is 12.3 Å². The molecule has 26 heavy (non-hydrogen) atoms. The van der Waals surface area contributed by atoms with Gasteiger partial charge in [0.1, 0.15) is 5.82 Å². The van der Waals surface area contributed by atoms with E-state index in [1.165, 1.54) is 0 Å². The van der Waals surface area contributed by atoms with Gasteiger partial charge in [0, 0.05) is 29.4 Å². The topological polar surface area (TPSA) is 93.5 Å². The Morgan fingerprint density at radius 3 is 2.58 bits per heavy atom. The Balaban J connectivity index is 1.66. The Morgan fingerprint density at radius 2 is 1.92 bits per heavy atom. The summed E-state index contributed by atoms with van der Waals surface area (Å²) in [5.74, 6) is 3.09. The van der Waals surface area contributed by atoms with Crippen molar-refractivity contribution in [1.29, 1.82) is 0 Å². The first-order valence-electron chi connectivity index (χ1n) is 8.87. The number of aromatic amines is 1. The van der Waals surface area contributed by atoms with Crippen molar-refractivity contribution >= 4 is 9.84 Å². The Labute approximate surface area is 151 Å². The lowest BCUT2D eigenvalue weighted by molar-refractivity contribution is 0.500. The quantitative estimate of drug-likeness (QED) is 0.763. The third kappa shape index (κ3) is 2.74. The summed E-state index contributed by atoms with van der Waals surface area (Å²) in [6.07, 6.45) is 6.30. The molecule has 8 heteroatoms. The molecule has 0 bridgehead atoms. The summed E-state index contributed by atoms with van der Waals surface area (Å²) in [6.45, 7) is 0. The zero-order valence-corrected chi connectivity index (χ0v) is 15.0. The van der Waals surface area contributed by atoms with Crippen LogP contribution in [0.1, 0.15) is 37.0 Å². The van der Waals surface area contributed by atoms with E-state index in [0.717, 1.165) is 41.4 Å². The Hall–Kier alpha value is -2.48. The summed E-state index contributed by atoms with van der Waals surface area (Å²) in [5, 5.41) is 4.73. The smallest absolute Gasteiger partial charge is 0.159 e. The molecule has 7 nitrogen and oxygen atoms in total. The first-order chi connectivity index (χ1) is 12.6. The van der Waals surface area contributed by atoms with Gasteiger partial charge in [0.05, 0.1) is 17.5 Å². The predicted octanol–water partition coefficient (Wildman–Crippen LogP) is 2.57. The van der Waals surface area contributed by atoms with E-state index in [9.17, 15) is 8.42 Å². The van der Waals surface area contributed by atoms with Gasteiger partial charge in [-0.2, -0.15) is 5.10 Å². The van der Waals surface area contributed by atoms with Crippen molar-refractivity contribution in [3.05, 3.63) is 42.5 Å². The number of H-pyrrole nitrogens is 1. The minimum atomic E-state index is -3.00. The zero-order chi connectivity index (χ0) is 17.7. The summed E-state index contributed by atoms with van der Waals surface area (Å²) < 4.78 is 25.8. The molecular weight excluding hydrogens is 350 g/mol. The lowest BCUT2D eigenvalue weighted by Crippen LogP contribution is -2.14. The maximum atomic E-state index is 12.0. The molecule has 2 aromatic heterocycles. The number of nitrogens with zero attached hydrogens (tertiary/aromatic N) is 4. The Kier molecular flexibility index (Phi) is 3.49. The van der Waals surface area contributed by atoms with Crippen LogP contribution >= 0.6 is 0 Å². The van der Waals surface area contributed by atoms with Crippen molar-refractivity contribution in [3.63, 3.8) is 0 Å². The average Bonchev–Trinajstić information content (AvgIpc) is 3.05. The SMILES string of the molecule is O=S1(=O)CC[C@@H](n2nc(C3CC3)nc2-c2ccccc2-c2ncc[nH]2)C1. The van der Waals surface area contributed by atoms with Crippen molar-refractivity contribution < 1.29 is 8.42 Å². The molecule has 1 atom stereocenters. The summed E-state index contributed by atoms with van der Waals surface area (Å²) in [5.41, 5.74) is 1.86. The van der Waals surface area contributed by atoms with Crippen molar-refractivity contribution in [1.82, 2.24) is 24.7 Å². The highest BCUT2D eigenvalue weighted by atomic mass is 32.2. The van der Waals surface area contributed by atoms with Crippen LogP contribution < -0.4 is 0 Å². The molecule has 1 aliphatic heterocycles. The number of imidazole rings is 1. The van der Waals surface area contributed by atoms with Gasteiger partial charge >= 0.3 is 0 Å². The second-order valence-corrected chi connectivity index (χ2v) is 9.28. The predicted molar refractivity (Wildman–Crippen MR) is 97.3 cm³/mol. The van der Waals surface area contributed by atoms with Gasteiger partial charge in [-0.3, -0.25) is 0 Å². The van der Waals surface area contributed by atoms with Gasteiger partial charge in [-0.25, -0.2) is 23.1 Å². The molecule has 3 heterocycles. The zero-order valence-electron chi connectivity index (χ0n) is 14.2. The number of sulfone groups is 1. The van der Waals surface area contributed by atoms with Gasteiger partial charge in [0.15, 0.2) is 21.5 Å². The van der Waals surface area contributed by atoms with Gasteiger partial charge in [0.25, 0.3) is 0 Å². The number of nitrogens with one attached hydrogen (secondary N) is 1. The summed E-state index contributed by atoms with van der Waals surface area (Å²) in [6, 6.07) is 7.76. The van der Waals surface area contributed by atoms with Crippen LogP contribution in [0.3, 0.4) is 0 Å². The maximum absolute atomic E-state index is 12.0. The molecule has 1 aromatic carbocycles. The van der Waals surface area contributed by atoms with E-state index in [-0.39, 0.29) is 17.5 Å². The van der Waals surface area contributed by atoms with Crippen molar-refractivity contribution in [2.24, 2.45) is 0 Å². The second kappa shape index (κ2) is 5.77. The Bertz CT molecular complexity index is 1050. The minimum absolute atomic E-state index is 0.135. The minimum Gasteiger partial charge on any atom is -0.345 e. The lowest BCUT2D eigenvalue weighted by atomic mass is 10.1. The van der Waals surface area contributed by atoms with Gasteiger partial charge < -0.3 is 4.98 Å². The summed E-state index contributed by atoms with van der Waals surface area (Å²) in [7, 11) is -3.00. The molecule has 0 amide bonds. The van der Waals surface area contributed by atoms with E-state index in [4.69, 9.17) is 10.1 Å². The fourth-order valence-electron chi connectivity index (χ4n) is 3.56. The molecule has 3 aromatic rings. The van der Waals surface area contributed by atoms with E-state index in [2.05, 4.69) is 9.97 Å². The second-order valence-electron chi connectivity index (χ2n) is 7.05. The van der Waals surface area contributed by atoms with Gasteiger partial charge in [-0.15, -0.1) is 0 Å². The summed E-state index contributed by atoms with van der Waals surface area (Å²) in [4.78, 5) is 12.3. The number of rotatable bonds is 4. The summed E-state index contributed by atoms with van der Waals surface area (Å²) >= 11 is 0. The number of benzene rings is 1. The molecule has 1 saturated heterocycles. The van der Waals surface area contributed by atoms with Crippen molar-refractivity contribution in [2.45, 2.75) is 31.2 Å². The molecule has 0 spiro atoms. The standard InChI is InChI=1S/C18H19N5O2S/c24-26(25)10-7-13(11-26)23-18(21-16(22-23)12-5-6-12)15-4-2-1-3-14(15)17-19-8-9-20-17/h1-4,8-9,12-13H,5-7,10-11H2,(H,19,20)/t13-/m1/s1. The van der Waals surface area contributed by atoms with Crippen LogP contribution in [0.15, 0.2) is 36.7 Å². The number of hydrogen-bond donors (Lipinski definition) is 1. The van der Waals surface area contributed by atoms with E-state index in [1.54, 1.807) is 12.4 Å². The molecule has 1 aliphatic carbocycles. The van der Waals surface area contributed by atoms with Crippen LogP contribution in [0.5, 0.6) is 0 Å². The largest absolute Gasteiger partial charge is 0.345 e. The van der Waals surface area contributed by atoms with Crippen LogP contribution in [0.2, 0.25) is 0 Å². The average molecular weight is 369 g/mol. The first kappa shape index (κ1) is 15.7. The lowest BCUT2D eigenvalue weighted by Gasteiger charge is -2.13. The highest BCUT2D eigenvalue weighted by Crippen LogP contribution is 2.41. The van der Waals surface area contributed by atoms with Crippen LogP contribution in [-0.2, 0) is 9.84 Å². The third-order valence-electron chi connectivity index (χ3n) is 5.07. The number of hydrogen-bond acceptors (Lipinski definition) is 5. The van der Waals surface area contributed by atoms with E-state index >= 15 is 0 Å². The maximum Gasteiger partial charge on any atom is 0.159 e. The molecule has 134 valence electrons. The van der Waals surface area contributed by atoms with Gasteiger partial charge in [-0.05, 0) is 19.3 Å². The molecule has 5 rings (SSSR count). The van der Waals surface area contributed by atoms with Gasteiger partial charge in [0.2, 0.25) is 0 Å². The van der Waals surface area contributed by atoms with Crippen LogP contribution in [0.4, 0.5) is 0 Å². The highest BCUT2D eigenvalue weighted by Gasteiger charge is 2.35. The molecule has 2 aliphatic rings. The number of aromatic nitrogens is 5. The fraction of sp³-hybridized carbons (Fsp3) is 0.389. The third-order valence-corrected chi connectivity index (χ3v) is 6.82. The highest BCUT2D eigenvalue weighted by molar-refractivity contribution is 7.91. The monoisotopic (exact) mass is 369 g/mol. The van der Waals surface area contributed by atoms with Crippen LogP contribution in [0, 0.1) is 0 Å². The molecular formula is C18H19N5O2S. The molecule has 2 fully saturated rings. The van der Waals surface area contributed by atoms with Crippen molar-refractivity contribution in [2.75, 3.05) is 11.5 Å². The van der Waals surface area contributed by atoms with Gasteiger partial charge in [-0.1, -0.05) is 24.3 Å². The Morgan fingerprint density at radius 1 is 1.12 bits per heavy atom.